The van der Waals surface area contributed by atoms with Gasteiger partial charge in [-0.25, -0.2) is 4.79 Å². The molecule has 1 amide bonds. The lowest BCUT2D eigenvalue weighted by Crippen LogP contribution is -2.62. The van der Waals surface area contributed by atoms with Crippen LogP contribution >= 0.6 is 0 Å². The predicted octanol–water partition coefficient (Wildman–Crippen LogP) is 4.41. The van der Waals surface area contributed by atoms with Gasteiger partial charge in [0, 0.05) is 40.6 Å². The van der Waals surface area contributed by atoms with E-state index in [2.05, 4.69) is 44.9 Å². The molecule has 6 nitrogen and oxygen atoms in total. The molecule has 1 aliphatic rings. The first-order valence-electron chi connectivity index (χ1n) is 11.3. The Balaban J connectivity index is 1.69. The molecule has 0 saturated carbocycles. The Labute approximate surface area is 190 Å². The molecule has 0 bridgehead atoms. The number of hydrogen-bond donors (Lipinski definition) is 2. The van der Waals surface area contributed by atoms with Crippen LogP contribution in [0.15, 0.2) is 39.6 Å². The second kappa shape index (κ2) is 9.10. The van der Waals surface area contributed by atoms with Gasteiger partial charge in [-0.15, -0.1) is 0 Å². The van der Waals surface area contributed by atoms with Crippen LogP contribution in [0.5, 0.6) is 5.75 Å². The summed E-state index contributed by atoms with van der Waals surface area (Å²) in [5.74, 6) is 0.592. The maximum absolute atomic E-state index is 12.7. The summed E-state index contributed by atoms with van der Waals surface area (Å²) < 4.78 is 11.2. The SMILES string of the molecule is C=C(C)COc1ccc2c(C)c(CCC(=O)NC3CC(C)(C)NC(C)(C)C3)c(=O)oc2c1. The van der Waals surface area contributed by atoms with E-state index in [0.717, 1.165) is 29.4 Å². The number of benzene rings is 1. The third-order valence-electron chi connectivity index (χ3n) is 5.90. The summed E-state index contributed by atoms with van der Waals surface area (Å²) in [7, 11) is 0. The Morgan fingerprint density at radius 1 is 1.25 bits per heavy atom. The summed E-state index contributed by atoms with van der Waals surface area (Å²) in [6, 6.07) is 5.59. The second-order valence-corrected chi connectivity index (χ2v) is 10.5. The lowest BCUT2D eigenvalue weighted by Gasteiger charge is -2.46. The average Bonchev–Trinajstić information content (AvgIpc) is 2.63. The molecule has 0 atom stereocenters. The van der Waals surface area contributed by atoms with Crippen LogP contribution in [0.25, 0.3) is 11.0 Å². The molecular weight excluding hydrogens is 404 g/mol. The van der Waals surface area contributed by atoms with Gasteiger partial charge in [-0.3, -0.25) is 4.79 Å². The van der Waals surface area contributed by atoms with Crippen molar-refractivity contribution in [1.82, 2.24) is 10.6 Å². The summed E-state index contributed by atoms with van der Waals surface area (Å²) in [6.07, 6.45) is 2.34. The van der Waals surface area contributed by atoms with Crippen molar-refractivity contribution in [2.24, 2.45) is 0 Å². The minimum atomic E-state index is -0.399. The number of fused-ring (bicyclic) bond motifs is 1. The zero-order chi connectivity index (χ0) is 23.7. The summed E-state index contributed by atoms with van der Waals surface area (Å²) in [4.78, 5) is 25.3. The largest absolute Gasteiger partial charge is 0.489 e. The highest BCUT2D eigenvalue weighted by Gasteiger charge is 2.38. The van der Waals surface area contributed by atoms with Crippen LogP contribution in [-0.2, 0) is 11.2 Å². The molecule has 1 aromatic heterocycles. The number of hydrogen-bond acceptors (Lipinski definition) is 5. The smallest absolute Gasteiger partial charge is 0.339 e. The van der Waals surface area contributed by atoms with E-state index >= 15 is 0 Å². The fourth-order valence-electron chi connectivity index (χ4n) is 4.92. The Bertz CT molecular complexity index is 1070. The molecule has 2 heterocycles. The van der Waals surface area contributed by atoms with Crippen molar-refractivity contribution in [2.75, 3.05) is 6.61 Å². The monoisotopic (exact) mass is 440 g/mol. The van der Waals surface area contributed by atoms with Crippen LogP contribution < -0.4 is 21.0 Å². The Hall–Kier alpha value is -2.60. The molecule has 0 unspecified atom stereocenters. The normalized spacial score (nSPS) is 17.8. The van der Waals surface area contributed by atoms with Gasteiger partial charge in [-0.2, -0.15) is 0 Å². The average molecular weight is 441 g/mol. The van der Waals surface area contributed by atoms with Gasteiger partial charge in [0.15, 0.2) is 0 Å². The van der Waals surface area contributed by atoms with E-state index < -0.39 is 5.63 Å². The minimum Gasteiger partial charge on any atom is -0.489 e. The molecule has 2 N–H and O–H groups in total. The maximum Gasteiger partial charge on any atom is 0.339 e. The van der Waals surface area contributed by atoms with Crippen molar-refractivity contribution >= 4 is 16.9 Å². The topological polar surface area (TPSA) is 80.6 Å². The van der Waals surface area contributed by atoms with Gasteiger partial charge in [0.05, 0.1) is 0 Å². The standard InChI is InChI=1S/C26H36N2O4/c1-16(2)15-31-19-8-9-20-17(3)21(24(30)32-22(20)12-19)10-11-23(29)27-18-13-25(4,5)28-26(6,7)14-18/h8-9,12,18,28H,1,10-11,13-15H2,2-7H3,(H,27,29). The summed E-state index contributed by atoms with van der Waals surface area (Å²) in [5, 5.41) is 7.65. The van der Waals surface area contributed by atoms with E-state index in [1.807, 2.05) is 26.0 Å². The van der Waals surface area contributed by atoms with Gasteiger partial charge < -0.3 is 19.8 Å². The molecule has 2 aromatic rings. The van der Waals surface area contributed by atoms with E-state index in [1.165, 1.54) is 0 Å². The van der Waals surface area contributed by atoms with Gasteiger partial charge in [-0.1, -0.05) is 6.58 Å². The zero-order valence-corrected chi connectivity index (χ0v) is 20.2. The minimum absolute atomic E-state index is 0.0362. The summed E-state index contributed by atoms with van der Waals surface area (Å²) in [5.41, 5.74) is 2.32. The molecule has 3 rings (SSSR count). The summed E-state index contributed by atoms with van der Waals surface area (Å²) in [6.45, 7) is 16.7. The molecule has 6 heteroatoms. The molecule has 1 aromatic carbocycles. The quantitative estimate of drug-likeness (QED) is 0.492. The number of rotatable bonds is 7. The van der Waals surface area contributed by atoms with Crippen LogP contribution in [-0.4, -0.2) is 29.6 Å². The number of amides is 1. The molecular formula is C26H36N2O4. The first kappa shape index (κ1) is 24.1. The molecule has 0 radical (unpaired) electrons. The highest BCUT2D eigenvalue weighted by atomic mass is 16.5. The van der Waals surface area contributed by atoms with E-state index in [4.69, 9.17) is 9.15 Å². The van der Waals surface area contributed by atoms with E-state index in [9.17, 15) is 9.59 Å². The van der Waals surface area contributed by atoms with Crippen LogP contribution in [0.2, 0.25) is 0 Å². The first-order chi connectivity index (χ1) is 14.8. The molecule has 1 saturated heterocycles. The Morgan fingerprint density at radius 2 is 1.91 bits per heavy atom. The lowest BCUT2D eigenvalue weighted by molar-refractivity contribution is -0.122. The maximum atomic E-state index is 12.7. The van der Waals surface area contributed by atoms with Gasteiger partial charge in [0.25, 0.3) is 0 Å². The van der Waals surface area contributed by atoms with E-state index in [0.29, 0.717) is 29.9 Å². The number of piperidine rings is 1. The molecule has 174 valence electrons. The van der Waals surface area contributed by atoms with Gasteiger partial charge in [0.2, 0.25) is 5.91 Å². The fraction of sp³-hybridized carbons (Fsp3) is 0.538. The van der Waals surface area contributed by atoms with Gasteiger partial charge in [-0.05, 0) is 84.1 Å². The molecule has 0 aliphatic carbocycles. The van der Waals surface area contributed by atoms with Crippen molar-refractivity contribution in [2.45, 2.75) is 84.3 Å². The molecule has 0 spiro atoms. The van der Waals surface area contributed by atoms with Crippen molar-refractivity contribution in [3.8, 4) is 5.75 Å². The number of ether oxygens (including phenoxy) is 1. The van der Waals surface area contributed by atoms with E-state index in [-0.39, 0.29) is 29.4 Å². The number of carbonyl (C=O) groups excluding carboxylic acids is 1. The van der Waals surface area contributed by atoms with E-state index in [1.54, 1.807) is 6.07 Å². The molecule has 1 fully saturated rings. The van der Waals surface area contributed by atoms with Gasteiger partial charge >= 0.3 is 5.63 Å². The summed E-state index contributed by atoms with van der Waals surface area (Å²) >= 11 is 0. The van der Waals surface area contributed by atoms with Crippen molar-refractivity contribution in [3.63, 3.8) is 0 Å². The number of nitrogens with one attached hydrogen (secondary N) is 2. The highest BCUT2D eigenvalue weighted by Crippen LogP contribution is 2.29. The third kappa shape index (κ3) is 6.00. The van der Waals surface area contributed by atoms with Crippen molar-refractivity contribution < 1.29 is 13.9 Å². The third-order valence-corrected chi connectivity index (χ3v) is 5.90. The molecule has 32 heavy (non-hydrogen) atoms. The highest BCUT2D eigenvalue weighted by molar-refractivity contribution is 5.82. The second-order valence-electron chi connectivity index (χ2n) is 10.5. The van der Waals surface area contributed by atoms with Crippen LogP contribution in [0, 0.1) is 6.92 Å². The lowest BCUT2D eigenvalue weighted by atomic mass is 9.79. The number of carbonyl (C=O) groups is 1. The number of aryl methyl sites for hydroxylation is 1. The fourth-order valence-corrected chi connectivity index (χ4v) is 4.92. The van der Waals surface area contributed by atoms with Crippen molar-refractivity contribution in [1.29, 1.82) is 0 Å². The van der Waals surface area contributed by atoms with Gasteiger partial charge in [0.1, 0.15) is 17.9 Å². The predicted molar refractivity (Wildman–Crippen MR) is 128 cm³/mol. The first-order valence-corrected chi connectivity index (χ1v) is 11.3. The van der Waals surface area contributed by atoms with Crippen LogP contribution in [0.4, 0.5) is 0 Å². The van der Waals surface area contributed by atoms with Crippen molar-refractivity contribution in [3.05, 3.63) is 51.9 Å². The Kier molecular flexibility index (Phi) is 6.84. The zero-order valence-electron chi connectivity index (χ0n) is 20.2. The molecule has 1 aliphatic heterocycles. The van der Waals surface area contributed by atoms with Crippen LogP contribution in [0.3, 0.4) is 0 Å². The Morgan fingerprint density at radius 3 is 2.53 bits per heavy atom. The van der Waals surface area contributed by atoms with Crippen LogP contribution in [0.1, 0.15) is 65.0 Å².